The highest BCUT2D eigenvalue weighted by Crippen LogP contribution is 2.18. The van der Waals surface area contributed by atoms with Crippen molar-refractivity contribution in [1.29, 1.82) is 0 Å². The van der Waals surface area contributed by atoms with E-state index in [-0.39, 0.29) is 0 Å². The summed E-state index contributed by atoms with van der Waals surface area (Å²) in [7, 11) is 2.17. The molecule has 0 aromatic rings. The van der Waals surface area contributed by atoms with E-state index in [0.29, 0.717) is 6.54 Å². The van der Waals surface area contributed by atoms with Gasteiger partial charge in [-0.1, -0.05) is 0 Å². The van der Waals surface area contributed by atoms with Crippen LogP contribution in [0.5, 0.6) is 0 Å². The van der Waals surface area contributed by atoms with Crippen molar-refractivity contribution in [1.82, 2.24) is 4.90 Å². The van der Waals surface area contributed by atoms with Crippen LogP contribution >= 0.6 is 0 Å². The number of nitrogens with zero attached hydrogens (tertiary/aromatic N) is 2. The van der Waals surface area contributed by atoms with Gasteiger partial charge in [0.1, 0.15) is 0 Å². The van der Waals surface area contributed by atoms with Crippen molar-refractivity contribution in [3.63, 3.8) is 0 Å². The molecule has 0 aromatic carbocycles. The Kier molecular flexibility index (Phi) is 3.98. The highest BCUT2D eigenvalue weighted by molar-refractivity contribution is 5.32. The molecule has 0 saturated carbocycles. The molecular weight excluding hydrogens is 152 g/mol. The third-order valence-corrected chi connectivity index (χ3v) is 2.54. The van der Waals surface area contributed by atoms with Gasteiger partial charge in [-0.3, -0.25) is 0 Å². The molecule has 1 aliphatic heterocycles. The Balaban J connectivity index is 2.09. The Morgan fingerprint density at radius 2 is 2.50 bits per heavy atom. The van der Waals surface area contributed by atoms with Gasteiger partial charge in [-0.2, -0.15) is 0 Å². The van der Waals surface area contributed by atoms with Crippen LogP contribution in [0, 0.1) is 0 Å². The minimum atomic E-state index is 0.647. The molecule has 0 N–H and O–H groups in total. The van der Waals surface area contributed by atoms with Crippen LogP contribution < -0.4 is 0 Å². The number of isocyanates is 1. The predicted molar refractivity (Wildman–Crippen MR) is 47.9 cm³/mol. The molecule has 0 bridgehead atoms. The van der Waals surface area contributed by atoms with Crippen LogP contribution in [-0.2, 0) is 4.79 Å². The lowest BCUT2D eigenvalue weighted by Gasteiger charge is -2.18. The Hall–Kier alpha value is -0.660. The van der Waals surface area contributed by atoms with E-state index in [0.717, 1.165) is 12.5 Å². The maximum Gasteiger partial charge on any atom is 0.234 e. The zero-order valence-electron chi connectivity index (χ0n) is 7.62. The van der Waals surface area contributed by atoms with E-state index in [9.17, 15) is 4.79 Å². The second kappa shape index (κ2) is 5.07. The van der Waals surface area contributed by atoms with E-state index in [1.54, 1.807) is 6.08 Å². The molecule has 1 aliphatic rings. The first-order chi connectivity index (χ1) is 5.84. The molecule has 1 rings (SSSR count). The lowest BCUT2D eigenvalue weighted by atomic mass is 10.1. The van der Waals surface area contributed by atoms with Gasteiger partial charge in [0.05, 0.1) is 6.54 Å². The van der Waals surface area contributed by atoms with E-state index in [1.807, 2.05) is 0 Å². The lowest BCUT2D eigenvalue weighted by Crippen LogP contribution is -2.24. The molecule has 0 spiro atoms. The summed E-state index contributed by atoms with van der Waals surface area (Å²) in [5, 5.41) is 0. The zero-order chi connectivity index (χ0) is 8.81. The summed E-state index contributed by atoms with van der Waals surface area (Å²) >= 11 is 0. The molecule has 12 heavy (non-hydrogen) atoms. The van der Waals surface area contributed by atoms with Crippen LogP contribution in [0.2, 0.25) is 0 Å². The largest absolute Gasteiger partial charge is 0.303 e. The Morgan fingerprint density at radius 1 is 1.67 bits per heavy atom. The smallest absolute Gasteiger partial charge is 0.234 e. The maximum absolute atomic E-state index is 9.76. The van der Waals surface area contributed by atoms with Crippen LogP contribution in [0.4, 0.5) is 0 Å². The van der Waals surface area contributed by atoms with E-state index >= 15 is 0 Å². The summed E-state index contributed by atoms with van der Waals surface area (Å²) in [5.74, 6) is 0. The number of carbonyl (C=O) groups excluding carboxylic acids is 1. The second-order valence-corrected chi connectivity index (χ2v) is 3.39. The molecule has 1 unspecified atom stereocenters. The zero-order valence-corrected chi connectivity index (χ0v) is 7.62. The number of hydrogen-bond donors (Lipinski definition) is 0. The predicted octanol–water partition coefficient (Wildman–Crippen LogP) is 1.20. The van der Waals surface area contributed by atoms with E-state index in [4.69, 9.17) is 0 Å². The molecule has 0 radical (unpaired) electrons. The fourth-order valence-electron chi connectivity index (χ4n) is 1.80. The average Bonchev–Trinajstić information content (AvgIpc) is 2.46. The molecule has 3 heteroatoms. The molecule has 0 aromatic heterocycles. The number of aliphatic imine (C=N–C) groups is 1. The quantitative estimate of drug-likeness (QED) is 0.359. The van der Waals surface area contributed by atoms with Gasteiger partial charge in [0.2, 0.25) is 6.08 Å². The summed E-state index contributed by atoms with van der Waals surface area (Å²) in [6.45, 7) is 1.87. The fraction of sp³-hybridized carbons (Fsp3) is 0.889. The van der Waals surface area contributed by atoms with Crippen LogP contribution in [0.15, 0.2) is 4.99 Å². The van der Waals surface area contributed by atoms with Crippen molar-refractivity contribution < 1.29 is 4.79 Å². The minimum absolute atomic E-state index is 0.647. The van der Waals surface area contributed by atoms with E-state index in [1.165, 1.54) is 25.8 Å². The molecule has 1 atom stereocenters. The van der Waals surface area contributed by atoms with Gasteiger partial charge >= 0.3 is 0 Å². The lowest BCUT2D eigenvalue weighted by molar-refractivity contribution is 0.293. The molecule has 1 fully saturated rings. The molecular formula is C9H16N2O. The number of likely N-dealkylation sites (tertiary alicyclic amines) is 1. The average molecular weight is 168 g/mol. The monoisotopic (exact) mass is 168 g/mol. The normalized spacial score (nSPS) is 23.9. The van der Waals surface area contributed by atoms with Gasteiger partial charge in [0.25, 0.3) is 0 Å². The highest BCUT2D eigenvalue weighted by atomic mass is 16.1. The minimum Gasteiger partial charge on any atom is -0.303 e. The Morgan fingerprint density at radius 3 is 3.08 bits per heavy atom. The van der Waals surface area contributed by atoms with Crippen molar-refractivity contribution in [2.75, 3.05) is 20.1 Å². The highest BCUT2D eigenvalue weighted by Gasteiger charge is 2.19. The van der Waals surface area contributed by atoms with E-state index < -0.39 is 0 Å². The first-order valence-electron chi connectivity index (χ1n) is 4.58. The van der Waals surface area contributed by atoms with Crippen LogP contribution in [-0.4, -0.2) is 37.2 Å². The Labute approximate surface area is 73.5 Å². The van der Waals surface area contributed by atoms with Gasteiger partial charge < -0.3 is 4.90 Å². The summed E-state index contributed by atoms with van der Waals surface area (Å²) < 4.78 is 0. The number of hydrogen-bond acceptors (Lipinski definition) is 3. The van der Waals surface area contributed by atoms with Gasteiger partial charge in [-0.05, 0) is 39.3 Å². The van der Waals surface area contributed by atoms with E-state index in [2.05, 4.69) is 16.9 Å². The van der Waals surface area contributed by atoms with Crippen molar-refractivity contribution in [3.8, 4) is 0 Å². The van der Waals surface area contributed by atoms with Crippen LogP contribution in [0.3, 0.4) is 0 Å². The summed E-state index contributed by atoms with van der Waals surface area (Å²) in [5.41, 5.74) is 0. The van der Waals surface area contributed by atoms with Crippen molar-refractivity contribution in [2.24, 2.45) is 4.99 Å². The standard InChI is InChI=1S/C9H16N2O/c1-11-7-3-5-9(11)4-2-6-10-8-12/h9H,2-7H2,1H3. The third-order valence-electron chi connectivity index (χ3n) is 2.54. The van der Waals surface area contributed by atoms with Crippen molar-refractivity contribution in [2.45, 2.75) is 31.7 Å². The Bertz CT molecular complexity index is 175. The first-order valence-corrected chi connectivity index (χ1v) is 4.58. The van der Waals surface area contributed by atoms with Gasteiger partial charge in [-0.25, -0.2) is 9.79 Å². The van der Waals surface area contributed by atoms with Crippen molar-refractivity contribution >= 4 is 6.08 Å². The number of rotatable bonds is 4. The molecule has 1 heterocycles. The molecule has 3 nitrogen and oxygen atoms in total. The van der Waals surface area contributed by atoms with Crippen LogP contribution in [0.25, 0.3) is 0 Å². The SMILES string of the molecule is CN1CCCC1CCCN=C=O. The van der Waals surface area contributed by atoms with Crippen LogP contribution in [0.1, 0.15) is 25.7 Å². The van der Waals surface area contributed by atoms with Gasteiger partial charge in [0, 0.05) is 6.04 Å². The molecule has 1 saturated heterocycles. The van der Waals surface area contributed by atoms with Gasteiger partial charge in [-0.15, -0.1) is 0 Å². The second-order valence-electron chi connectivity index (χ2n) is 3.39. The molecule has 68 valence electrons. The summed E-state index contributed by atoms with van der Waals surface area (Å²) in [6.07, 6.45) is 6.38. The summed E-state index contributed by atoms with van der Waals surface area (Å²) in [6, 6.07) is 0.729. The topological polar surface area (TPSA) is 32.7 Å². The first kappa shape index (κ1) is 9.43. The summed E-state index contributed by atoms with van der Waals surface area (Å²) in [4.78, 5) is 15.7. The molecule has 0 aliphatic carbocycles. The third kappa shape index (κ3) is 2.76. The van der Waals surface area contributed by atoms with Crippen molar-refractivity contribution in [3.05, 3.63) is 0 Å². The molecule has 0 amide bonds. The fourth-order valence-corrected chi connectivity index (χ4v) is 1.80. The van der Waals surface area contributed by atoms with Gasteiger partial charge in [0.15, 0.2) is 0 Å². The maximum atomic E-state index is 9.76.